The first kappa shape index (κ1) is 14.4. The lowest BCUT2D eigenvalue weighted by atomic mass is 10.0. The van der Waals surface area contributed by atoms with Gasteiger partial charge in [-0.05, 0) is 24.2 Å². The van der Waals surface area contributed by atoms with Gasteiger partial charge in [0, 0.05) is 7.05 Å². The lowest BCUT2D eigenvalue weighted by Crippen LogP contribution is -2.24. The number of nitrogens with one attached hydrogen (secondary N) is 1. The number of benzene rings is 1. The van der Waals surface area contributed by atoms with Crippen LogP contribution in [-0.4, -0.2) is 28.2 Å². The monoisotopic (exact) mass is 282 g/mol. The van der Waals surface area contributed by atoms with Crippen LogP contribution in [0.2, 0.25) is 0 Å². The lowest BCUT2D eigenvalue weighted by Gasteiger charge is -2.18. The summed E-state index contributed by atoms with van der Waals surface area (Å²) in [4.78, 5) is 0. The number of hydrogen-bond acceptors (Lipinski definition) is 4. The first-order valence-electron chi connectivity index (χ1n) is 6.24. The first-order valence-corrected chi connectivity index (χ1v) is 6.24. The van der Waals surface area contributed by atoms with Gasteiger partial charge in [0.25, 0.3) is 0 Å². The van der Waals surface area contributed by atoms with Crippen LogP contribution in [-0.2, 0) is 7.05 Å². The van der Waals surface area contributed by atoms with E-state index in [9.17, 15) is 8.78 Å². The fourth-order valence-electron chi connectivity index (χ4n) is 2.00. The van der Waals surface area contributed by atoms with Crippen LogP contribution in [0.4, 0.5) is 8.78 Å². The van der Waals surface area contributed by atoms with Gasteiger partial charge >= 0.3 is 6.61 Å². The van der Waals surface area contributed by atoms with Crippen LogP contribution in [0.3, 0.4) is 0 Å². The number of aryl methyl sites for hydroxylation is 1. The molecule has 7 heteroatoms. The second kappa shape index (κ2) is 6.42. The van der Waals surface area contributed by atoms with Crippen LogP contribution in [0.25, 0.3) is 0 Å². The molecule has 1 heterocycles. The molecule has 0 saturated heterocycles. The van der Waals surface area contributed by atoms with Gasteiger partial charge in [-0.1, -0.05) is 24.3 Å². The van der Waals surface area contributed by atoms with Gasteiger partial charge in [-0.3, -0.25) is 4.68 Å². The number of ether oxygens (including phenoxy) is 1. The van der Waals surface area contributed by atoms with E-state index in [2.05, 4.69) is 20.4 Å². The van der Waals surface area contributed by atoms with E-state index in [0.717, 1.165) is 17.8 Å². The van der Waals surface area contributed by atoms with Crippen LogP contribution >= 0.6 is 0 Å². The molecule has 1 unspecified atom stereocenters. The maximum Gasteiger partial charge on any atom is 0.387 e. The van der Waals surface area contributed by atoms with E-state index in [1.807, 2.05) is 6.92 Å². The summed E-state index contributed by atoms with van der Waals surface area (Å²) in [6.45, 7) is -0.0670. The molecule has 1 aromatic carbocycles. The lowest BCUT2D eigenvalue weighted by molar-refractivity contribution is -0.0498. The van der Waals surface area contributed by atoms with E-state index < -0.39 is 6.61 Å². The van der Waals surface area contributed by atoms with Crippen molar-refractivity contribution in [2.24, 2.45) is 7.05 Å². The molecule has 0 saturated carbocycles. The van der Waals surface area contributed by atoms with Crippen molar-refractivity contribution in [3.05, 3.63) is 41.7 Å². The van der Waals surface area contributed by atoms with Crippen molar-refractivity contribution in [2.45, 2.75) is 19.6 Å². The molecule has 1 aromatic heterocycles. The first-order chi connectivity index (χ1) is 9.61. The summed E-state index contributed by atoms with van der Waals surface area (Å²) >= 11 is 0. The van der Waals surface area contributed by atoms with Crippen LogP contribution in [0, 0.1) is 0 Å². The molecular formula is C13H16F2N4O. The Morgan fingerprint density at radius 2 is 2.00 bits per heavy atom. The van der Waals surface area contributed by atoms with Gasteiger partial charge in [0.15, 0.2) is 0 Å². The van der Waals surface area contributed by atoms with Gasteiger partial charge in [0.05, 0.1) is 17.9 Å². The normalized spacial score (nSPS) is 12.7. The van der Waals surface area contributed by atoms with Gasteiger partial charge in [0.2, 0.25) is 0 Å². The van der Waals surface area contributed by atoms with Gasteiger partial charge in [-0.15, -0.1) is 5.10 Å². The second-order valence-electron chi connectivity index (χ2n) is 4.22. The van der Waals surface area contributed by atoms with Gasteiger partial charge in [-0.25, -0.2) is 0 Å². The van der Waals surface area contributed by atoms with E-state index in [1.54, 1.807) is 30.1 Å². The number of nitrogens with zero attached hydrogens (tertiary/aromatic N) is 3. The summed E-state index contributed by atoms with van der Waals surface area (Å²) in [5.41, 5.74) is 1.83. The van der Waals surface area contributed by atoms with Gasteiger partial charge in [0.1, 0.15) is 5.75 Å². The highest BCUT2D eigenvalue weighted by Crippen LogP contribution is 2.23. The zero-order valence-corrected chi connectivity index (χ0v) is 11.3. The molecule has 108 valence electrons. The van der Waals surface area contributed by atoms with E-state index in [-0.39, 0.29) is 11.8 Å². The minimum atomic E-state index is -2.81. The Morgan fingerprint density at radius 3 is 2.50 bits per heavy atom. The highest BCUT2D eigenvalue weighted by atomic mass is 19.3. The molecule has 0 amide bonds. The molecule has 0 aliphatic heterocycles. The molecule has 20 heavy (non-hydrogen) atoms. The van der Waals surface area contributed by atoms with E-state index in [0.29, 0.717) is 0 Å². The van der Waals surface area contributed by atoms with Crippen molar-refractivity contribution in [2.75, 3.05) is 6.54 Å². The number of aromatic nitrogens is 3. The number of halogens is 2. The standard InChI is InChI=1S/C13H16F2N4O/c1-3-16-12(11-8-17-18-19(11)2)9-4-6-10(7-5-9)20-13(14)15/h4-8,12-13,16H,3H2,1-2H3. The van der Waals surface area contributed by atoms with Gasteiger partial charge in [-0.2, -0.15) is 8.78 Å². The SMILES string of the molecule is CCNC(c1ccc(OC(F)F)cc1)c1cnnn1C. The Bertz CT molecular complexity index is 542. The van der Waals surface area contributed by atoms with E-state index >= 15 is 0 Å². The Labute approximate surface area is 115 Å². The Hall–Kier alpha value is -2.02. The molecule has 0 aliphatic rings. The van der Waals surface area contributed by atoms with Crippen LogP contribution in [0.15, 0.2) is 30.5 Å². The van der Waals surface area contributed by atoms with Crippen LogP contribution < -0.4 is 10.1 Å². The van der Waals surface area contributed by atoms with E-state index in [4.69, 9.17) is 0 Å². The third-order valence-electron chi connectivity index (χ3n) is 2.89. The molecule has 0 radical (unpaired) electrons. The summed E-state index contributed by atoms with van der Waals surface area (Å²) in [7, 11) is 1.81. The van der Waals surface area contributed by atoms with Crippen molar-refractivity contribution < 1.29 is 13.5 Å². The molecule has 2 aromatic rings. The fraction of sp³-hybridized carbons (Fsp3) is 0.385. The van der Waals surface area contributed by atoms with Crippen molar-refractivity contribution in [3.63, 3.8) is 0 Å². The Kier molecular flexibility index (Phi) is 4.62. The molecule has 1 N–H and O–H groups in total. The highest BCUT2D eigenvalue weighted by Gasteiger charge is 2.17. The summed E-state index contributed by atoms with van der Waals surface area (Å²) in [6.07, 6.45) is 1.68. The summed E-state index contributed by atoms with van der Waals surface area (Å²) in [5, 5.41) is 11.1. The Balaban J connectivity index is 2.24. The second-order valence-corrected chi connectivity index (χ2v) is 4.22. The van der Waals surface area contributed by atoms with Crippen molar-refractivity contribution in [3.8, 4) is 5.75 Å². The molecule has 0 bridgehead atoms. The smallest absolute Gasteiger partial charge is 0.387 e. The molecule has 1 atom stereocenters. The molecule has 5 nitrogen and oxygen atoms in total. The number of alkyl halides is 2. The molecule has 0 spiro atoms. The van der Waals surface area contributed by atoms with Crippen LogP contribution in [0.5, 0.6) is 5.75 Å². The van der Waals surface area contributed by atoms with Crippen molar-refractivity contribution in [1.82, 2.24) is 20.3 Å². The maximum absolute atomic E-state index is 12.1. The number of hydrogen-bond donors (Lipinski definition) is 1. The third kappa shape index (κ3) is 3.30. The quantitative estimate of drug-likeness (QED) is 0.881. The maximum atomic E-state index is 12.1. The minimum Gasteiger partial charge on any atom is -0.435 e. The summed E-state index contributed by atoms with van der Waals surface area (Å²) in [6, 6.07) is 6.45. The van der Waals surface area contributed by atoms with Gasteiger partial charge < -0.3 is 10.1 Å². The molecule has 0 fully saturated rings. The minimum absolute atomic E-state index is 0.0967. The van der Waals surface area contributed by atoms with Crippen molar-refractivity contribution in [1.29, 1.82) is 0 Å². The topological polar surface area (TPSA) is 52.0 Å². The highest BCUT2D eigenvalue weighted by molar-refractivity contribution is 5.32. The van der Waals surface area contributed by atoms with Crippen molar-refractivity contribution >= 4 is 0 Å². The molecule has 2 rings (SSSR count). The third-order valence-corrected chi connectivity index (χ3v) is 2.89. The number of rotatable bonds is 6. The van der Waals surface area contributed by atoms with Crippen LogP contribution in [0.1, 0.15) is 24.2 Å². The average Bonchev–Trinajstić information content (AvgIpc) is 2.83. The molecular weight excluding hydrogens is 266 g/mol. The summed E-state index contributed by atoms with van der Waals surface area (Å²) < 4.78 is 30.3. The predicted octanol–water partition coefficient (Wildman–Crippen LogP) is 2.12. The average molecular weight is 282 g/mol. The van der Waals surface area contributed by atoms with E-state index in [1.165, 1.54) is 12.1 Å². The molecule has 0 aliphatic carbocycles. The zero-order valence-electron chi connectivity index (χ0n) is 11.3. The predicted molar refractivity (Wildman–Crippen MR) is 69.6 cm³/mol. The Morgan fingerprint density at radius 1 is 1.30 bits per heavy atom. The fourth-order valence-corrected chi connectivity index (χ4v) is 2.00. The largest absolute Gasteiger partial charge is 0.435 e. The summed E-state index contributed by atoms with van der Waals surface area (Å²) in [5.74, 6) is 0.141. The zero-order chi connectivity index (χ0) is 14.5.